The van der Waals surface area contributed by atoms with Gasteiger partial charge in [-0.05, 0) is 36.2 Å². The molecule has 1 atom stereocenters. The van der Waals surface area contributed by atoms with Gasteiger partial charge in [0.05, 0.1) is 11.0 Å². The van der Waals surface area contributed by atoms with Gasteiger partial charge in [0.2, 0.25) is 0 Å². The van der Waals surface area contributed by atoms with E-state index >= 15 is 0 Å². The molecule has 0 heterocycles. The number of carbonyl (C=O) groups is 1. The van der Waals surface area contributed by atoms with Crippen LogP contribution in [0.3, 0.4) is 0 Å². The van der Waals surface area contributed by atoms with Crippen LogP contribution in [0.1, 0.15) is 34.5 Å². The fourth-order valence-corrected chi connectivity index (χ4v) is 2.93. The number of hydrogen-bond acceptors (Lipinski definition) is 3. The van der Waals surface area contributed by atoms with Crippen molar-refractivity contribution >= 4 is 22.4 Å². The maximum Gasteiger partial charge on any atom is 0.273 e. The number of rotatable bonds is 4. The van der Waals surface area contributed by atoms with Gasteiger partial charge in [0.1, 0.15) is 0 Å². The first-order valence-corrected chi connectivity index (χ1v) is 8.01. The number of nitro benzene ring substituents is 1. The molecule has 3 aromatic carbocycles. The molecule has 25 heavy (non-hydrogen) atoms. The van der Waals surface area contributed by atoms with Gasteiger partial charge in [-0.15, -0.1) is 0 Å². The summed E-state index contributed by atoms with van der Waals surface area (Å²) in [6.07, 6.45) is 0. The smallest absolute Gasteiger partial charge is 0.273 e. The highest BCUT2D eigenvalue weighted by Crippen LogP contribution is 2.25. The molecule has 0 aliphatic carbocycles. The molecule has 1 amide bonds. The van der Waals surface area contributed by atoms with E-state index in [4.69, 9.17) is 0 Å². The number of nitrogens with one attached hydrogen (secondary N) is 1. The molecule has 3 aromatic rings. The molecule has 0 spiro atoms. The lowest BCUT2D eigenvalue weighted by Crippen LogP contribution is -2.26. The number of hydrogen-bond donors (Lipinski definition) is 1. The first-order valence-electron chi connectivity index (χ1n) is 8.01. The van der Waals surface area contributed by atoms with Crippen LogP contribution in [0.2, 0.25) is 0 Å². The number of nitrogens with zero attached hydrogens (tertiary/aromatic N) is 1. The van der Waals surface area contributed by atoms with Gasteiger partial charge in [-0.3, -0.25) is 14.9 Å². The van der Waals surface area contributed by atoms with Crippen molar-refractivity contribution in [3.05, 3.63) is 87.5 Å². The van der Waals surface area contributed by atoms with Crippen LogP contribution in [0.15, 0.2) is 60.7 Å². The summed E-state index contributed by atoms with van der Waals surface area (Å²) >= 11 is 0. The SMILES string of the molecule is Cc1ccc(C(=O)NC(C)c2cccc3ccccc23)cc1[N+](=O)[O-]. The molecule has 0 aliphatic rings. The van der Waals surface area contributed by atoms with Crippen LogP contribution in [0.5, 0.6) is 0 Å². The molecular weight excluding hydrogens is 316 g/mol. The molecule has 3 rings (SSSR count). The summed E-state index contributed by atoms with van der Waals surface area (Å²) in [5.41, 5.74) is 1.77. The Balaban J connectivity index is 1.88. The van der Waals surface area contributed by atoms with Crippen LogP contribution in [-0.2, 0) is 0 Å². The third-order valence-electron chi connectivity index (χ3n) is 4.31. The summed E-state index contributed by atoms with van der Waals surface area (Å²) in [5, 5.41) is 16.2. The zero-order chi connectivity index (χ0) is 18.0. The molecule has 0 saturated heterocycles. The first kappa shape index (κ1) is 16.6. The molecule has 0 aliphatic heterocycles. The van der Waals surface area contributed by atoms with Crippen LogP contribution in [0.4, 0.5) is 5.69 Å². The lowest BCUT2D eigenvalue weighted by molar-refractivity contribution is -0.385. The quantitative estimate of drug-likeness (QED) is 0.562. The summed E-state index contributed by atoms with van der Waals surface area (Å²) in [6, 6.07) is 18.2. The Morgan fingerprint density at radius 1 is 1.08 bits per heavy atom. The molecule has 1 N–H and O–H groups in total. The van der Waals surface area contributed by atoms with Crippen molar-refractivity contribution in [3.8, 4) is 0 Å². The molecule has 1 unspecified atom stereocenters. The minimum atomic E-state index is -0.472. The van der Waals surface area contributed by atoms with Gasteiger partial charge < -0.3 is 5.32 Å². The fourth-order valence-electron chi connectivity index (χ4n) is 2.93. The predicted molar refractivity (Wildman–Crippen MR) is 97.7 cm³/mol. The highest BCUT2D eigenvalue weighted by atomic mass is 16.6. The lowest BCUT2D eigenvalue weighted by Gasteiger charge is -2.17. The van der Waals surface area contributed by atoms with Crippen molar-refractivity contribution < 1.29 is 9.72 Å². The third-order valence-corrected chi connectivity index (χ3v) is 4.31. The standard InChI is InChI=1S/C20H18N2O3/c1-13-10-11-16(12-19(13)22(24)25)20(23)21-14(2)17-9-5-7-15-6-3-4-8-18(15)17/h3-12,14H,1-2H3,(H,21,23). The van der Waals surface area contributed by atoms with Gasteiger partial charge in [0.15, 0.2) is 0 Å². The average Bonchev–Trinajstić information content (AvgIpc) is 2.61. The molecule has 5 nitrogen and oxygen atoms in total. The van der Waals surface area contributed by atoms with E-state index in [0.29, 0.717) is 5.56 Å². The van der Waals surface area contributed by atoms with Gasteiger partial charge in [0.25, 0.3) is 11.6 Å². The second-order valence-corrected chi connectivity index (χ2v) is 6.02. The average molecular weight is 334 g/mol. The van der Waals surface area contributed by atoms with Crippen molar-refractivity contribution in [1.29, 1.82) is 0 Å². The summed E-state index contributed by atoms with van der Waals surface area (Å²) < 4.78 is 0. The minimum absolute atomic E-state index is 0.0505. The molecular formula is C20H18N2O3. The molecule has 0 bridgehead atoms. The number of nitro groups is 1. The fraction of sp³-hybridized carbons (Fsp3) is 0.150. The zero-order valence-electron chi connectivity index (χ0n) is 14.0. The number of aryl methyl sites for hydroxylation is 1. The van der Waals surface area contributed by atoms with E-state index in [0.717, 1.165) is 16.3 Å². The molecule has 5 heteroatoms. The molecule has 0 aromatic heterocycles. The Hall–Kier alpha value is -3.21. The van der Waals surface area contributed by atoms with E-state index in [1.54, 1.807) is 19.1 Å². The molecule has 0 fully saturated rings. The maximum absolute atomic E-state index is 12.5. The highest BCUT2D eigenvalue weighted by molar-refractivity contribution is 5.95. The number of amides is 1. The second kappa shape index (κ2) is 6.73. The van der Waals surface area contributed by atoms with Crippen LogP contribution >= 0.6 is 0 Å². The zero-order valence-corrected chi connectivity index (χ0v) is 14.0. The number of benzene rings is 3. The van der Waals surface area contributed by atoms with Crippen molar-refractivity contribution in [3.63, 3.8) is 0 Å². The van der Waals surface area contributed by atoms with E-state index in [1.165, 1.54) is 6.07 Å². The summed E-state index contributed by atoms with van der Waals surface area (Å²) in [6.45, 7) is 3.56. The van der Waals surface area contributed by atoms with Crippen molar-refractivity contribution in [2.75, 3.05) is 0 Å². The summed E-state index contributed by atoms with van der Waals surface area (Å²) in [4.78, 5) is 23.1. The molecule has 126 valence electrons. The molecule has 0 saturated carbocycles. The van der Waals surface area contributed by atoms with E-state index in [1.807, 2.05) is 49.4 Å². The van der Waals surface area contributed by atoms with Crippen LogP contribution in [0, 0.1) is 17.0 Å². The summed E-state index contributed by atoms with van der Waals surface area (Å²) in [5.74, 6) is -0.330. The largest absolute Gasteiger partial charge is 0.345 e. The third kappa shape index (κ3) is 3.35. The second-order valence-electron chi connectivity index (χ2n) is 6.02. The predicted octanol–water partition coefficient (Wildman–Crippen LogP) is 4.55. The Morgan fingerprint density at radius 3 is 2.56 bits per heavy atom. The van der Waals surface area contributed by atoms with E-state index in [-0.39, 0.29) is 23.2 Å². The maximum atomic E-state index is 12.5. The number of carbonyl (C=O) groups excluding carboxylic acids is 1. The monoisotopic (exact) mass is 334 g/mol. The Morgan fingerprint density at radius 2 is 1.80 bits per heavy atom. The van der Waals surface area contributed by atoms with E-state index in [2.05, 4.69) is 5.32 Å². The minimum Gasteiger partial charge on any atom is -0.345 e. The van der Waals surface area contributed by atoms with E-state index < -0.39 is 4.92 Å². The van der Waals surface area contributed by atoms with Crippen molar-refractivity contribution in [2.45, 2.75) is 19.9 Å². The highest BCUT2D eigenvalue weighted by Gasteiger charge is 2.17. The summed E-state index contributed by atoms with van der Waals surface area (Å²) in [7, 11) is 0. The van der Waals surface area contributed by atoms with Crippen LogP contribution in [0.25, 0.3) is 10.8 Å². The van der Waals surface area contributed by atoms with Gasteiger partial charge in [-0.25, -0.2) is 0 Å². The normalized spacial score (nSPS) is 11.9. The van der Waals surface area contributed by atoms with Gasteiger partial charge in [0, 0.05) is 17.2 Å². The van der Waals surface area contributed by atoms with Crippen LogP contribution in [-0.4, -0.2) is 10.8 Å². The lowest BCUT2D eigenvalue weighted by atomic mass is 9.99. The van der Waals surface area contributed by atoms with Crippen LogP contribution < -0.4 is 5.32 Å². The van der Waals surface area contributed by atoms with E-state index in [9.17, 15) is 14.9 Å². The van der Waals surface area contributed by atoms with Gasteiger partial charge in [-0.2, -0.15) is 0 Å². The topological polar surface area (TPSA) is 72.2 Å². The van der Waals surface area contributed by atoms with Gasteiger partial charge in [-0.1, -0.05) is 48.5 Å². The van der Waals surface area contributed by atoms with Crippen molar-refractivity contribution in [1.82, 2.24) is 5.32 Å². The Bertz CT molecular complexity index is 961. The Kier molecular flexibility index (Phi) is 4.48. The van der Waals surface area contributed by atoms with Crippen molar-refractivity contribution in [2.24, 2.45) is 0 Å². The number of fused-ring (bicyclic) bond motifs is 1. The Labute approximate surface area is 145 Å². The first-order chi connectivity index (χ1) is 12.0. The van der Waals surface area contributed by atoms with Gasteiger partial charge >= 0.3 is 0 Å². The molecule has 0 radical (unpaired) electrons.